The summed E-state index contributed by atoms with van der Waals surface area (Å²) < 4.78 is 25.3. The van der Waals surface area contributed by atoms with Crippen LogP contribution in [0.5, 0.6) is 11.5 Å². The number of nitrogens with one attached hydrogen (secondary N) is 1. The Hall–Kier alpha value is -2.71. The van der Waals surface area contributed by atoms with E-state index in [1.807, 2.05) is 82.3 Å². The van der Waals surface area contributed by atoms with Gasteiger partial charge in [-0.15, -0.1) is 0 Å². The summed E-state index contributed by atoms with van der Waals surface area (Å²) in [5, 5.41) is 3.00. The highest BCUT2D eigenvalue weighted by Crippen LogP contribution is 2.49. The minimum atomic E-state index is -3.72. The van der Waals surface area contributed by atoms with Gasteiger partial charge in [-0.3, -0.25) is 5.09 Å². The monoisotopic (exact) mass is 381 g/mol. The Balaban J connectivity index is 1.95. The van der Waals surface area contributed by atoms with Crippen molar-refractivity contribution in [2.75, 3.05) is 5.09 Å². The Labute approximate surface area is 160 Å². The molecule has 3 aromatic carbocycles. The molecule has 0 aromatic heterocycles. The molecule has 140 valence electrons. The summed E-state index contributed by atoms with van der Waals surface area (Å²) in [5.41, 5.74) is 4.84. The van der Waals surface area contributed by atoms with Crippen molar-refractivity contribution >= 4 is 13.4 Å². The summed E-state index contributed by atoms with van der Waals surface area (Å²) in [6, 6.07) is 20.7. The zero-order valence-corrected chi connectivity index (χ0v) is 16.9. The van der Waals surface area contributed by atoms with E-state index in [1.165, 1.54) is 0 Å². The van der Waals surface area contributed by atoms with Crippen molar-refractivity contribution in [1.29, 1.82) is 0 Å². The Morgan fingerprint density at radius 3 is 1.70 bits per heavy atom. The molecule has 0 bridgehead atoms. The van der Waals surface area contributed by atoms with Gasteiger partial charge < -0.3 is 9.05 Å². The van der Waals surface area contributed by atoms with Crippen molar-refractivity contribution in [1.82, 2.24) is 0 Å². The van der Waals surface area contributed by atoms with E-state index < -0.39 is 7.75 Å². The van der Waals surface area contributed by atoms with Crippen LogP contribution >= 0.6 is 7.75 Å². The van der Waals surface area contributed by atoms with Gasteiger partial charge in [0.1, 0.15) is 11.5 Å². The fraction of sp³-hybridized carbons (Fsp3) is 0.182. The van der Waals surface area contributed by atoms with Crippen molar-refractivity contribution in [2.24, 2.45) is 0 Å². The lowest BCUT2D eigenvalue weighted by molar-refractivity contribution is 0.392. The van der Waals surface area contributed by atoms with Gasteiger partial charge in [0.15, 0.2) is 0 Å². The van der Waals surface area contributed by atoms with Crippen LogP contribution in [-0.4, -0.2) is 0 Å². The summed E-state index contributed by atoms with van der Waals surface area (Å²) in [6.45, 7) is 7.88. The van der Waals surface area contributed by atoms with Gasteiger partial charge >= 0.3 is 7.75 Å². The maximum atomic E-state index is 13.6. The average molecular weight is 381 g/mol. The largest absolute Gasteiger partial charge is 0.541 e. The fourth-order valence-electron chi connectivity index (χ4n) is 2.77. The Bertz CT molecular complexity index is 949. The third kappa shape index (κ3) is 5.15. The molecule has 0 heterocycles. The second-order valence-corrected chi connectivity index (χ2v) is 8.33. The number of hydrogen-bond acceptors (Lipinski definition) is 3. The van der Waals surface area contributed by atoms with Gasteiger partial charge in [0.25, 0.3) is 0 Å². The van der Waals surface area contributed by atoms with Gasteiger partial charge in [-0.2, -0.15) is 0 Å². The zero-order valence-electron chi connectivity index (χ0n) is 16.0. The molecule has 0 saturated carbocycles. The van der Waals surface area contributed by atoms with Gasteiger partial charge in [-0.05, 0) is 74.7 Å². The van der Waals surface area contributed by atoms with E-state index in [4.69, 9.17) is 9.05 Å². The SMILES string of the molecule is Cc1cccc(OP(=O)(Nc2ccc(C)cc2C)Oc2cccc(C)c2)c1. The minimum Gasteiger partial charge on any atom is -0.400 e. The summed E-state index contributed by atoms with van der Waals surface area (Å²) >= 11 is 0. The third-order valence-electron chi connectivity index (χ3n) is 4.07. The first-order chi connectivity index (χ1) is 12.8. The van der Waals surface area contributed by atoms with E-state index in [2.05, 4.69) is 5.09 Å². The lowest BCUT2D eigenvalue weighted by Crippen LogP contribution is -2.11. The van der Waals surface area contributed by atoms with Crippen LogP contribution in [0, 0.1) is 27.7 Å². The minimum absolute atomic E-state index is 0.489. The van der Waals surface area contributed by atoms with Crippen LogP contribution in [0.4, 0.5) is 5.69 Å². The van der Waals surface area contributed by atoms with Gasteiger partial charge in [-0.25, -0.2) is 4.57 Å². The molecule has 3 aromatic rings. The molecule has 0 aliphatic rings. The fourth-order valence-corrected chi connectivity index (χ4v) is 4.23. The second-order valence-electron chi connectivity index (χ2n) is 6.74. The third-order valence-corrected chi connectivity index (χ3v) is 5.49. The predicted molar refractivity (Wildman–Crippen MR) is 111 cm³/mol. The molecule has 0 unspecified atom stereocenters. The molecule has 1 N–H and O–H groups in total. The highest BCUT2D eigenvalue weighted by Gasteiger charge is 2.29. The van der Waals surface area contributed by atoms with Crippen LogP contribution in [0.2, 0.25) is 0 Å². The van der Waals surface area contributed by atoms with Crippen molar-refractivity contribution in [2.45, 2.75) is 27.7 Å². The standard InChI is InChI=1S/C22H24NO3P/c1-16-7-5-9-20(14-16)25-27(24,26-21-10-6-8-17(2)15-21)23-22-12-11-18(3)13-19(22)4/h5-15H,1-4H3,(H,23,24). The van der Waals surface area contributed by atoms with Crippen LogP contribution in [-0.2, 0) is 4.57 Å². The molecule has 27 heavy (non-hydrogen) atoms. The first kappa shape index (κ1) is 19.1. The molecular weight excluding hydrogens is 357 g/mol. The molecule has 0 radical (unpaired) electrons. The van der Waals surface area contributed by atoms with E-state index >= 15 is 0 Å². The first-order valence-corrected chi connectivity index (χ1v) is 10.4. The number of benzene rings is 3. The lowest BCUT2D eigenvalue weighted by atomic mass is 10.1. The molecule has 0 aliphatic heterocycles. The Morgan fingerprint density at radius 1 is 0.704 bits per heavy atom. The van der Waals surface area contributed by atoms with Gasteiger partial charge in [-0.1, -0.05) is 42.0 Å². The number of hydrogen-bond donors (Lipinski definition) is 1. The molecular formula is C22H24NO3P. The van der Waals surface area contributed by atoms with E-state index in [9.17, 15) is 4.57 Å². The summed E-state index contributed by atoms with van der Waals surface area (Å²) in [7, 11) is -3.72. The van der Waals surface area contributed by atoms with Crippen molar-refractivity contribution < 1.29 is 13.6 Å². The van der Waals surface area contributed by atoms with E-state index in [-0.39, 0.29) is 0 Å². The maximum absolute atomic E-state index is 13.6. The molecule has 0 aliphatic carbocycles. The van der Waals surface area contributed by atoms with Crippen molar-refractivity contribution in [3.63, 3.8) is 0 Å². The van der Waals surface area contributed by atoms with Crippen molar-refractivity contribution in [3.05, 3.63) is 89.0 Å². The van der Waals surface area contributed by atoms with Gasteiger partial charge in [0.2, 0.25) is 0 Å². The highest BCUT2D eigenvalue weighted by molar-refractivity contribution is 7.56. The van der Waals surface area contributed by atoms with Crippen LogP contribution in [0.1, 0.15) is 22.3 Å². The summed E-state index contributed by atoms with van der Waals surface area (Å²) in [5.74, 6) is 0.978. The number of aryl methyl sites for hydroxylation is 4. The van der Waals surface area contributed by atoms with E-state index in [1.54, 1.807) is 12.1 Å². The van der Waals surface area contributed by atoms with Crippen LogP contribution in [0.3, 0.4) is 0 Å². The lowest BCUT2D eigenvalue weighted by Gasteiger charge is -2.22. The van der Waals surface area contributed by atoms with E-state index in [0.29, 0.717) is 17.2 Å². The molecule has 0 atom stereocenters. The molecule has 0 fully saturated rings. The summed E-state index contributed by atoms with van der Waals surface area (Å²) in [4.78, 5) is 0. The van der Waals surface area contributed by atoms with Gasteiger partial charge in [0, 0.05) is 5.69 Å². The number of anilines is 1. The highest BCUT2D eigenvalue weighted by atomic mass is 31.2. The molecule has 4 nitrogen and oxygen atoms in total. The van der Waals surface area contributed by atoms with Crippen molar-refractivity contribution in [3.8, 4) is 11.5 Å². The average Bonchev–Trinajstić information content (AvgIpc) is 2.57. The Morgan fingerprint density at radius 2 is 1.22 bits per heavy atom. The normalized spacial score (nSPS) is 11.1. The molecule has 0 spiro atoms. The quantitative estimate of drug-likeness (QED) is 0.489. The Kier molecular flexibility index (Phi) is 5.57. The molecule has 0 saturated heterocycles. The molecule has 5 heteroatoms. The van der Waals surface area contributed by atoms with E-state index in [0.717, 1.165) is 22.3 Å². The maximum Gasteiger partial charge on any atom is 0.541 e. The molecule has 3 rings (SSSR count). The van der Waals surface area contributed by atoms with Crippen LogP contribution in [0.15, 0.2) is 66.7 Å². The smallest absolute Gasteiger partial charge is 0.400 e. The van der Waals surface area contributed by atoms with Gasteiger partial charge in [0.05, 0.1) is 0 Å². The predicted octanol–water partition coefficient (Wildman–Crippen LogP) is 6.60. The summed E-state index contributed by atoms with van der Waals surface area (Å²) in [6.07, 6.45) is 0. The number of rotatable bonds is 6. The zero-order chi connectivity index (χ0) is 19.4. The molecule has 0 amide bonds. The van der Waals surface area contributed by atoms with Crippen LogP contribution < -0.4 is 14.1 Å². The second kappa shape index (κ2) is 7.89. The topological polar surface area (TPSA) is 47.6 Å². The van der Waals surface area contributed by atoms with Crippen LogP contribution in [0.25, 0.3) is 0 Å². The first-order valence-electron chi connectivity index (χ1n) is 8.81.